The Morgan fingerprint density at radius 1 is 1.19 bits per heavy atom. The average Bonchev–Trinajstić information content (AvgIpc) is 2.88. The molecule has 21 heavy (non-hydrogen) atoms. The second-order valence-corrected chi connectivity index (χ2v) is 7.14. The number of sulfonamides is 1. The van der Waals surface area contributed by atoms with E-state index in [4.69, 9.17) is 0 Å². The molecule has 0 saturated heterocycles. The van der Waals surface area contributed by atoms with Crippen LogP contribution in [0.15, 0.2) is 45.0 Å². The van der Waals surface area contributed by atoms with Crippen LogP contribution < -0.4 is 4.72 Å². The molecule has 0 unspecified atom stereocenters. The van der Waals surface area contributed by atoms with Crippen LogP contribution >= 0.6 is 31.9 Å². The van der Waals surface area contributed by atoms with Gasteiger partial charge in [-0.1, -0.05) is 6.07 Å². The molecule has 0 aliphatic carbocycles. The number of fused-ring (bicyclic) bond motifs is 1. The van der Waals surface area contributed by atoms with Gasteiger partial charge in [-0.2, -0.15) is 22.9 Å². The molecule has 0 saturated carbocycles. The van der Waals surface area contributed by atoms with E-state index < -0.39 is 10.0 Å². The highest BCUT2D eigenvalue weighted by molar-refractivity contribution is 9.11. The summed E-state index contributed by atoms with van der Waals surface area (Å²) < 4.78 is 29.5. The highest BCUT2D eigenvalue weighted by Crippen LogP contribution is 2.31. The second-order valence-electron chi connectivity index (χ2n) is 3.85. The number of nitrogens with zero attached hydrogens (tertiary/aromatic N) is 5. The van der Waals surface area contributed by atoms with Crippen molar-refractivity contribution in [1.82, 2.24) is 24.6 Å². The van der Waals surface area contributed by atoms with Crippen molar-refractivity contribution in [3.63, 3.8) is 0 Å². The van der Waals surface area contributed by atoms with Gasteiger partial charge in [-0.15, -0.1) is 5.10 Å². The lowest BCUT2D eigenvalue weighted by Crippen LogP contribution is -2.15. The minimum Gasteiger partial charge on any atom is -0.275 e. The number of hydrogen-bond acceptors (Lipinski definition) is 6. The Labute approximate surface area is 135 Å². The highest BCUT2D eigenvalue weighted by atomic mass is 79.9. The maximum absolute atomic E-state index is 12.3. The molecule has 0 bridgehead atoms. The van der Waals surface area contributed by atoms with Gasteiger partial charge < -0.3 is 0 Å². The molecule has 2 aromatic heterocycles. The standard InChI is InChI=1S/C10H6Br2N6O2S/c11-6-2-1-3-7(12)8(6)17-21(19,20)10-15-9-14-4-13-5-18(9)16-10/h1-5,17H. The van der Waals surface area contributed by atoms with Gasteiger partial charge in [0.25, 0.3) is 21.0 Å². The molecule has 0 aliphatic rings. The molecule has 3 aromatic rings. The molecule has 0 radical (unpaired) electrons. The van der Waals surface area contributed by atoms with Crippen LogP contribution in [0.2, 0.25) is 0 Å². The maximum atomic E-state index is 12.3. The largest absolute Gasteiger partial charge is 0.299 e. The summed E-state index contributed by atoms with van der Waals surface area (Å²) in [5, 5.41) is 3.46. The molecule has 11 heteroatoms. The second kappa shape index (κ2) is 5.31. The number of anilines is 1. The zero-order chi connectivity index (χ0) is 15.0. The third-order valence-electron chi connectivity index (χ3n) is 2.45. The fourth-order valence-electron chi connectivity index (χ4n) is 1.53. The monoisotopic (exact) mass is 432 g/mol. The lowest BCUT2D eigenvalue weighted by molar-refractivity contribution is 0.592. The minimum absolute atomic E-state index is 0.150. The average molecular weight is 434 g/mol. The van der Waals surface area contributed by atoms with Crippen molar-refractivity contribution < 1.29 is 8.42 Å². The first-order valence-electron chi connectivity index (χ1n) is 5.46. The Kier molecular flexibility index (Phi) is 3.63. The number of halogens is 2. The van der Waals surface area contributed by atoms with Crippen LogP contribution in [0.3, 0.4) is 0 Å². The van der Waals surface area contributed by atoms with E-state index in [0.29, 0.717) is 14.6 Å². The van der Waals surface area contributed by atoms with Gasteiger partial charge in [-0.05, 0) is 44.0 Å². The summed E-state index contributed by atoms with van der Waals surface area (Å²) in [6.45, 7) is 0. The van der Waals surface area contributed by atoms with E-state index in [1.165, 1.54) is 17.2 Å². The molecule has 3 rings (SSSR count). The summed E-state index contributed by atoms with van der Waals surface area (Å²) in [6, 6.07) is 5.20. The van der Waals surface area contributed by atoms with Gasteiger partial charge in [-0.25, -0.2) is 4.98 Å². The van der Waals surface area contributed by atoms with Crippen LogP contribution in [0.4, 0.5) is 5.69 Å². The molecule has 108 valence electrons. The third-order valence-corrected chi connectivity index (χ3v) is 4.90. The summed E-state index contributed by atoms with van der Waals surface area (Å²) >= 11 is 6.56. The van der Waals surface area contributed by atoms with Crippen molar-refractivity contribution in [3.8, 4) is 0 Å². The summed E-state index contributed by atoms with van der Waals surface area (Å²) in [4.78, 5) is 11.4. The van der Waals surface area contributed by atoms with Crippen molar-refractivity contribution in [2.75, 3.05) is 4.72 Å². The predicted octanol–water partition coefficient (Wildman–Crippen LogP) is 1.85. The molecular weight excluding hydrogens is 428 g/mol. The smallest absolute Gasteiger partial charge is 0.275 e. The third kappa shape index (κ3) is 2.76. The molecule has 0 amide bonds. The Morgan fingerprint density at radius 2 is 1.90 bits per heavy atom. The van der Waals surface area contributed by atoms with Crippen molar-refractivity contribution in [2.24, 2.45) is 0 Å². The molecule has 2 heterocycles. The minimum atomic E-state index is -3.94. The van der Waals surface area contributed by atoms with Crippen LogP contribution in [0, 0.1) is 0 Å². The SMILES string of the molecule is O=S(=O)(Nc1c(Br)cccc1Br)c1nc2ncncn2n1. The summed E-state index contributed by atoms with van der Waals surface area (Å²) in [5.41, 5.74) is 0.363. The van der Waals surface area contributed by atoms with E-state index in [-0.39, 0.29) is 10.9 Å². The van der Waals surface area contributed by atoms with E-state index in [1.807, 2.05) is 0 Å². The zero-order valence-electron chi connectivity index (χ0n) is 10.1. The Morgan fingerprint density at radius 3 is 2.57 bits per heavy atom. The van der Waals surface area contributed by atoms with E-state index in [2.05, 4.69) is 56.6 Å². The number of aromatic nitrogens is 5. The molecule has 1 aromatic carbocycles. The molecule has 0 fully saturated rings. The van der Waals surface area contributed by atoms with Gasteiger partial charge >= 0.3 is 0 Å². The van der Waals surface area contributed by atoms with Crippen LogP contribution in [-0.2, 0) is 10.0 Å². The van der Waals surface area contributed by atoms with Gasteiger partial charge in [0.05, 0.1) is 5.69 Å². The fraction of sp³-hybridized carbons (Fsp3) is 0. The zero-order valence-corrected chi connectivity index (χ0v) is 14.1. The lowest BCUT2D eigenvalue weighted by atomic mass is 10.3. The molecule has 1 N–H and O–H groups in total. The summed E-state index contributed by atoms with van der Waals surface area (Å²) in [7, 11) is -3.94. The van der Waals surface area contributed by atoms with Crippen molar-refractivity contribution in [2.45, 2.75) is 5.16 Å². The van der Waals surface area contributed by atoms with Gasteiger partial charge in [0, 0.05) is 8.95 Å². The lowest BCUT2D eigenvalue weighted by Gasteiger charge is -2.08. The van der Waals surface area contributed by atoms with Gasteiger partial charge in [0.2, 0.25) is 0 Å². The first kappa shape index (κ1) is 14.4. The molecule has 0 spiro atoms. The van der Waals surface area contributed by atoms with Crippen LogP contribution in [0.1, 0.15) is 0 Å². The number of rotatable bonds is 3. The van der Waals surface area contributed by atoms with E-state index in [9.17, 15) is 8.42 Å². The Balaban J connectivity index is 2.04. The number of nitrogens with one attached hydrogen (secondary N) is 1. The highest BCUT2D eigenvalue weighted by Gasteiger charge is 2.23. The Hall–Kier alpha value is -1.59. The summed E-state index contributed by atoms with van der Waals surface area (Å²) in [5.74, 6) is 0.150. The number of benzene rings is 1. The normalized spacial score (nSPS) is 11.7. The molecular formula is C10H6Br2N6O2S. The molecule has 0 atom stereocenters. The fourth-order valence-corrected chi connectivity index (χ4v) is 3.96. The van der Waals surface area contributed by atoms with Crippen LogP contribution in [0.5, 0.6) is 0 Å². The van der Waals surface area contributed by atoms with Crippen LogP contribution in [-0.4, -0.2) is 33.0 Å². The van der Waals surface area contributed by atoms with Gasteiger partial charge in [-0.3, -0.25) is 4.72 Å². The van der Waals surface area contributed by atoms with E-state index in [0.717, 1.165) is 0 Å². The quantitative estimate of drug-likeness (QED) is 0.676. The predicted molar refractivity (Wildman–Crippen MR) is 81.2 cm³/mol. The van der Waals surface area contributed by atoms with Crippen LogP contribution in [0.25, 0.3) is 5.78 Å². The van der Waals surface area contributed by atoms with Crippen molar-refractivity contribution >= 4 is 53.3 Å². The Bertz CT molecular complexity index is 873. The maximum Gasteiger partial charge on any atom is 0.299 e. The van der Waals surface area contributed by atoms with Gasteiger partial charge in [0.15, 0.2) is 0 Å². The first-order chi connectivity index (χ1) is 9.97. The van der Waals surface area contributed by atoms with Gasteiger partial charge in [0.1, 0.15) is 12.7 Å². The van der Waals surface area contributed by atoms with Crippen molar-refractivity contribution in [1.29, 1.82) is 0 Å². The first-order valence-corrected chi connectivity index (χ1v) is 8.53. The molecule has 8 nitrogen and oxygen atoms in total. The topological polar surface area (TPSA) is 102 Å². The molecule has 0 aliphatic heterocycles. The summed E-state index contributed by atoms with van der Waals surface area (Å²) in [6.07, 6.45) is 2.58. The number of para-hydroxylation sites is 1. The van der Waals surface area contributed by atoms with Crippen molar-refractivity contribution in [3.05, 3.63) is 39.8 Å². The van der Waals surface area contributed by atoms with E-state index in [1.54, 1.807) is 18.2 Å². The van der Waals surface area contributed by atoms with E-state index >= 15 is 0 Å². The number of hydrogen-bond donors (Lipinski definition) is 1.